The molecule has 2 N–H and O–H groups in total. The Hall–Kier alpha value is -2.02. The fourth-order valence-electron chi connectivity index (χ4n) is 2.36. The molecule has 1 aromatic heterocycles. The van der Waals surface area contributed by atoms with Crippen LogP contribution < -0.4 is 9.47 Å². The molecule has 0 atom stereocenters. The second-order valence-electron chi connectivity index (χ2n) is 5.01. The Balaban J connectivity index is 2.75. The molecule has 7 heteroatoms. The molecule has 0 amide bonds. The van der Waals surface area contributed by atoms with Crippen LogP contribution >= 0.6 is 15.9 Å². The molecule has 118 valence electrons. The highest BCUT2D eigenvalue weighted by Gasteiger charge is 2.24. The highest BCUT2D eigenvalue weighted by Crippen LogP contribution is 2.46. The normalized spacial score (nSPS) is 10.8. The third-order valence-corrected chi connectivity index (χ3v) is 3.93. The zero-order valence-electron chi connectivity index (χ0n) is 12.7. The lowest BCUT2D eigenvalue weighted by atomic mass is 9.93. The Labute approximate surface area is 136 Å². The highest BCUT2D eigenvalue weighted by molar-refractivity contribution is 9.10. The SMILES string of the molecule is COc1cc(Br)c(-c2cc(C(=O)O)[nH]n2)c(C(C)C)c1OC. The fraction of sp³-hybridized carbons (Fsp3) is 0.333. The summed E-state index contributed by atoms with van der Waals surface area (Å²) in [5.41, 5.74) is 2.26. The van der Waals surface area contributed by atoms with Crippen LogP contribution in [0.3, 0.4) is 0 Å². The maximum atomic E-state index is 11.0. The van der Waals surface area contributed by atoms with Gasteiger partial charge in [-0.1, -0.05) is 13.8 Å². The number of halogens is 1. The number of hydrogen-bond donors (Lipinski definition) is 2. The molecule has 0 aliphatic carbocycles. The van der Waals surface area contributed by atoms with E-state index in [-0.39, 0.29) is 11.6 Å². The second kappa shape index (κ2) is 6.39. The van der Waals surface area contributed by atoms with Crippen molar-refractivity contribution in [3.8, 4) is 22.8 Å². The van der Waals surface area contributed by atoms with E-state index in [0.29, 0.717) is 17.2 Å². The largest absolute Gasteiger partial charge is 0.493 e. The minimum atomic E-state index is -1.05. The summed E-state index contributed by atoms with van der Waals surface area (Å²) in [5, 5.41) is 15.7. The molecule has 22 heavy (non-hydrogen) atoms. The van der Waals surface area contributed by atoms with E-state index in [1.54, 1.807) is 20.3 Å². The summed E-state index contributed by atoms with van der Waals surface area (Å²) in [6.45, 7) is 4.05. The number of nitrogens with zero attached hydrogens (tertiary/aromatic N) is 1. The maximum absolute atomic E-state index is 11.0. The van der Waals surface area contributed by atoms with Crippen molar-refractivity contribution in [2.75, 3.05) is 14.2 Å². The Bertz CT molecular complexity index is 710. The second-order valence-corrected chi connectivity index (χ2v) is 5.86. The Morgan fingerprint density at radius 1 is 1.32 bits per heavy atom. The summed E-state index contributed by atoms with van der Waals surface area (Å²) in [6.07, 6.45) is 0. The highest BCUT2D eigenvalue weighted by atomic mass is 79.9. The van der Waals surface area contributed by atoms with Crippen LogP contribution in [-0.4, -0.2) is 35.5 Å². The first-order valence-corrected chi connectivity index (χ1v) is 7.43. The van der Waals surface area contributed by atoms with E-state index in [0.717, 1.165) is 15.6 Å². The van der Waals surface area contributed by atoms with Gasteiger partial charge in [-0.3, -0.25) is 5.10 Å². The first-order chi connectivity index (χ1) is 10.4. The number of aromatic nitrogens is 2. The molecular weight excluding hydrogens is 352 g/mol. The lowest BCUT2D eigenvalue weighted by Gasteiger charge is -2.20. The number of aromatic amines is 1. The van der Waals surface area contributed by atoms with Gasteiger partial charge in [-0.2, -0.15) is 5.10 Å². The molecule has 0 radical (unpaired) electrons. The van der Waals surface area contributed by atoms with Gasteiger partial charge in [0.15, 0.2) is 11.5 Å². The quantitative estimate of drug-likeness (QED) is 0.840. The molecule has 2 aromatic rings. The van der Waals surface area contributed by atoms with Crippen molar-refractivity contribution < 1.29 is 19.4 Å². The number of hydrogen-bond acceptors (Lipinski definition) is 4. The number of carboxylic acid groups (broad SMARTS) is 1. The van der Waals surface area contributed by atoms with E-state index in [1.807, 2.05) is 13.8 Å². The van der Waals surface area contributed by atoms with Crippen LogP contribution in [0, 0.1) is 0 Å². The van der Waals surface area contributed by atoms with Crippen LogP contribution in [0.2, 0.25) is 0 Å². The molecule has 0 aliphatic rings. The van der Waals surface area contributed by atoms with E-state index in [4.69, 9.17) is 14.6 Å². The summed E-state index contributed by atoms with van der Waals surface area (Å²) in [5.74, 6) is 0.300. The molecule has 0 saturated carbocycles. The number of carboxylic acids is 1. The number of benzene rings is 1. The number of aromatic carboxylic acids is 1. The van der Waals surface area contributed by atoms with E-state index in [1.165, 1.54) is 6.07 Å². The first kappa shape index (κ1) is 16.4. The van der Waals surface area contributed by atoms with Gasteiger partial charge < -0.3 is 14.6 Å². The molecule has 0 fully saturated rings. The summed E-state index contributed by atoms with van der Waals surface area (Å²) < 4.78 is 11.6. The predicted molar refractivity (Wildman–Crippen MR) is 85.9 cm³/mol. The molecule has 0 unspecified atom stereocenters. The van der Waals surface area contributed by atoms with Crippen molar-refractivity contribution in [2.24, 2.45) is 0 Å². The summed E-state index contributed by atoms with van der Waals surface area (Å²) >= 11 is 3.52. The molecule has 0 spiro atoms. The first-order valence-electron chi connectivity index (χ1n) is 6.64. The van der Waals surface area contributed by atoms with Crippen molar-refractivity contribution in [1.29, 1.82) is 0 Å². The summed E-state index contributed by atoms with van der Waals surface area (Å²) in [7, 11) is 3.15. The van der Waals surface area contributed by atoms with E-state index >= 15 is 0 Å². The summed E-state index contributed by atoms with van der Waals surface area (Å²) in [4.78, 5) is 11.0. The summed E-state index contributed by atoms with van der Waals surface area (Å²) in [6, 6.07) is 3.29. The maximum Gasteiger partial charge on any atom is 0.353 e. The van der Waals surface area contributed by atoms with Gasteiger partial charge in [0.25, 0.3) is 0 Å². The third kappa shape index (κ3) is 2.81. The Morgan fingerprint density at radius 3 is 2.45 bits per heavy atom. The molecule has 1 heterocycles. The van der Waals surface area contributed by atoms with Crippen LogP contribution in [0.15, 0.2) is 16.6 Å². The fourth-order valence-corrected chi connectivity index (χ4v) is 2.99. The van der Waals surface area contributed by atoms with E-state index in [9.17, 15) is 4.79 Å². The van der Waals surface area contributed by atoms with Crippen molar-refractivity contribution in [3.63, 3.8) is 0 Å². The van der Waals surface area contributed by atoms with E-state index < -0.39 is 5.97 Å². The van der Waals surface area contributed by atoms with Gasteiger partial charge in [0, 0.05) is 15.6 Å². The molecule has 0 saturated heterocycles. The Kier molecular flexibility index (Phi) is 4.75. The lowest BCUT2D eigenvalue weighted by Crippen LogP contribution is -2.02. The Morgan fingerprint density at radius 2 is 2.00 bits per heavy atom. The van der Waals surface area contributed by atoms with Crippen molar-refractivity contribution in [2.45, 2.75) is 19.8 Å². The van der Waals surface area contributed by atoms with Gasteiger partial charge in [-0.05, 0) is 34.0 Å². The topological polar surface area (TPSA) is 84.4 Å². The zero-order valence-corrected chi connectivity index (χ0v) is 14.3. The minimum Gasteiger partial charge on any atom is -0.493 e. The molecule has 1 aromatic carbocycles. The smallest absolute Gasteiger partial charge is 0.353 e. The van der Waals surface area contributed by atoms with Crippen LogP contribution in [0.1, 0.15) is 35.8 Å². The minimum absolute atomic E-state index is 0.0337. The van der Waals surface area contributed by atoms with Gasteiger partial charge in [0.2, 0.25) is 0 Å². The van der Waals surface area contributed by atoms with E-state index in [2.05, 4.69) is 26.1 Å². The number of carbonyl (C=O) groups is 1. The third-order valence-electron chi connectivity index (χ3n) is 3.30. The monoisotopic (exact) mass is 368 g/mol. The van der Waals surface area contributed by atoms with Crippen molar-refractivity contribution in [1.82, 2.24) is 10.2 Å². The number of ether oxygens (including phenoxy) is 2. The van der Waals surface area contributed by atoms with Gasteiger partial charge in [-0.25, -0.2) is 4.79 Å². The zero-order chi connectivity index (χ0) is 16.4. The molecular formula is C15H17BrN2O4. The number of methoxy groups -OCH3 is 2. The lowest BCUT2D eigenvalue weighted by molar-refractivity contribution is 0.0690. The van der Waals surface area contributed by atoms with Crippen LogP contribution in [0.4, 0.5) is 0 Å². The number of rotatable bonds is 5. The van der Waals surface area contributed by atoms with Gasteiger partial charge in [0.05, 0.1) is 19.9 Å². The van der Waals surface area contributed by atoms with Gasteiger partial charge in [-0.15, -0.1) is 0 Å². The van der Waals surface area contributed by atoms with Crippen LogP contribution in [-0.2, 0) is 0 Å². The number of H-pyrrole nitrogens is 1. The van der Waals surface area contributed by atoms with Crippen molar-refractivity contribution in [3.05, 3.63) is 27.9 Å². The molecule has 0 aliphatic heterocycles. The van der Waals surface area contributed by atoms with Crippen molar-refractivity contribution >= 4 is 21.9 Å². The molecule has 6 nitrogen and oxygen atoms in total. The average Bonchev–Trinajstić information content (AvgIpc) is 2.95. The average molecular weight is 369 g/mol. The molecule has 0 bridgehead atoms. The molecule has 2 rings (SSSR count). The van der Waals surface area contributed by atoms with Crippen LogP contribution in [0.25, 0.3) is 11.3 Å². The van der Waals surface area contributed by atoms with Crippen LogP contribution in [0.5, 0.6) is 11.5 Å². The number of nitrogens with one attached hydrogen (secondary N) is 1. The standard InChI is InChI=1S/C15H17BrN2O4/c1-7(2)12-13(9-6-10(15(19)20)18-17-9)8(16)5-11(21-3)14(12)22-4/h5-7H,1-4H3,(H,17,18)(H,19,20). The van der Waals surface area contributed by atoms with Gasteiger partial charge >= 0.3 is 5.97 Å². The van der Waals surface area contributed by atoms with Gasteiger partial charge in [0.1, 0.15) is 5.69 Å². The predicted octanol–water partition coefficient (Wildman–Crippen LogP) is 3.68.